The molecule has 0 bridgehead atoms. The fourth-order valence-electron chi connectivity index (χ4n) is 1.48. The minimum Gasteiger partial charge on any atom is -0.390 e. The molecule has 102 valence electrons. The number of hydrogen-bond donors (Lipinski definition) is 3. The summed E-state index contributed by atoms with van der Waals surface area (Å²) < 4.78 is 30.0. The predicted molar refractivity (Wildman–Crippen MR) is 70.3 cm³/mol. The third-order valence-electron chi connectivity index (χ3n) is 2.41. The Bertz CT molecular complexity index is 547. The number of hydrogen-bond acceptors (Lipinski definition) is 6. The standard InChI is InChI=1S/C11H12F2N4OS/c12-11(13,6-18)5-16-10-8(9(14)17-19-10)7-2-1-3-15-4-7/h1-4,16,18H,5-6H2,(H2,14,17). The van der Waals surface area contributed by atoms with Crippen LogP contribution in [-0.2, 0) is 0 Å². The molecule has 2 rings (SSSR count). The summed E-state index contributed by atoms with van der Waals surface area (Å²) in [6.07, 6.45) is 3.18. The minimum atomic E-state index is -3.19. The van der Waals surface area contributed by atoms with Crippen LogP contribution in [0.3, 0.4) is 0 Å². The van der Waals surface area contributed by atoms with Crippen molar-refractivity contribution < 1.29 is 13.9 Å². The van der Waals surface area contributed by atoms with Crippen molar-refractivity contribution in [1.29, 1.82) is 0 Å². The summed E-state index contributed by atoms with van der Waals surface area (Å²) in [6, 6.07) is 3.49. The Morgan fingerprint density at radius 2 is 2.26 bits per heavy atom. The van der Waals surface area contributed by atoms with Crippen LogP contribution in [-0.4, -0.2) is 33.5 Å². The van der Waals surface area contributed by atoms with Crippen molar-refractivity contribution in [3.05, 3.63) is 24.5 Å². The number of nitrogen functional groups attached to an aromatic ring is 1. The van der Waals surface area contributed by atoms with Crippen molar-refractivity contribution in [2.75, 3.05) is 24.2 Å². The van der Waals surface area contributed by atoms with E-state index in [0.717, 1.165) is 11.5 Å². The molecule has 0 unspecified atom stereocenters. The maximum Gasteiger partial charge on any atom is 0.287 e. The lowest BCUT2D eigenvalue weighted by molar-refractivity contribution is -0.0372. The first-order valence-corrected chi connectivity index (χ1v) is 6.19. The van der Waals surface area contributed by atoms with E-state index in [0.29, 0.717) is 16.1 Å². The second-order valence-electron chi connectivity index (χ2n) is 3.88. The van der Waals surface area contributed by atoms with Gasteiger partial charge in [0.05, 0.1) is 12.1 Å². The molecule has 0 aliphatic carbocycles. The van der Waals surface area contributed by atoms with Crippen LogP contribution in [0.25, 0.3) is 11.1 Å². The second-order valence-corrected chi connectivity index (χ2v) is 4.65. The maximum atomic E-state index is 13.0. The fourth-order valence-corrected chi connectivity index (χ4v) is 2.21. The summed E-state index contributed by atoms with van der Waals surface area (Å²) in [5, 5.41) is 11.5. The van der Waals surface area contributed by atoms with Gasteiger partial charge in [-0.15, -0.1) is 0 Å². The maximum absolute atomic E-state index is 13.0. The highest BCUT2D eigenvalue weighted by atomic mass is 32.1. The molecule has 0 aliphatic heterocycles. The van der Waals surface area contributed by atoms with E-state index in [1.807, 2.05) is 0 Å². The summed E-state index contributed by atoms with van der Waals surface area (Å²) in [4.78, 5) is 3.95. The predicted octanol–water partition coefficient (Wildman–Crippen LogP) is 1.83. The topological polar surface area (TPSA) is 84.1 Å². The lowest BCUT2D eigenvalue weighted by atomic mass is 10.1. The van der Waals surface area contributed by atoms with Crippen LogP contribution in [0.1, 0.15) is 0 Å². The number of pyridine rings is 1. The number of alkyl halides is 2. The minimum absolute atomic E-state index is 0.257. The Hall–Kier alpha value is -1.80. The van der Waals surface area contributed by atoms with Crippen LogP contribution in [0, 0.1) is 0 Å². The fraction of sp³-hybridized carbons (Fsp3) is 0.273. The van der Waals surface area contributed by atoms with Gasteiger partial charge in [0, 0.05) is 18.0 Å². The van der Waals surface area contributed by atoms with Crippen LogP contribution in [0.15, 0.2) is 24.5 Å². The molecule has 0 spiro atoms. The first kappa shape index (κ1) is 13.6. The number of aliphatic hydroxyl groups excluding tert-OH is 1. The highest BCUT2D eigenvalue weighted by Crippen LogP contribution is 2.36. The van der Waals surface area contributed by atoms with Crippen LogP contribution in [0.5, 0.6) is 0 Å². The van der Waals surface area contributed by atoms with Crippen molar-refractivity contribution in [2.24, 2.45) is 0 Å². The van der Waals surface area contributed by atoms with E-state index in [1.165, 1.54) is 0 Å². The van der Waals surface area contributed by atoms with Gasteiger partial charge in [0.25, 0.3) is 5.92 Å². The molecule has 2 heterocycles. The number of nitrogens with zero attached hydrogens (tertiary/aromatic N) is 2. The third-order valence-corrected chi connectivity index (χ3v) is 3.23. The Morgan fingerprint density at radius 3 is 2.89 bits per heavy atom. The quantitative estimate of drug-likeness (QED) is 0.781. The van der Waals surface area contributed by atoms with E-state index >= 15 is 0 Å². The molecule has 0 atom stereocenters. The molecule has 0 amide bonds. The molecule has 2 aromatic rings. The first-order valence-electron chi connectivity index (χ1n) is 5.41. The molecule has 0 aliphatic rings. The molecule has 2 aromatic heterocycles. The second kappa shape index (κ2) is 5.45. The number of aliphatic hydroxyl groups is 1. The number of anilines is 2. The smallest absolute Gasteiger partial charge is 0.287 e. The van der Waals surface area contributed by atoms with Gasteiger partial charge in [0.2, 0.25) is 0 Å². The van der Waals surface area contributed by atoms with Crippen molar-refractivity contribution in [1.82, 2.24) is 9.36 Å². The Kier molecular flexibility index (Phi) is 3.91. The highest BCUT2D eigenvalue weighted by Gasteiger charge is 2.28. The SMILES string of the molecule is Nc1nsc(NCC(F)(F)CO)c1-c1cccnc1. The van der Waals surface area contributed by atoms with Crippen LogP contribution in [0.4, 0.5) is 19.6 Å². The monoisotopic (exact) mass is 286 g/mol. The molecular weight excluding hydrogens is 274 g/mol. The van der Waals surface area contributed by atoms with Gasteiger partial charge in [-0.3, -0.25) is 4.98 Å². The first-order chi connectivity index (χ1) is 9.03. The van der Waals surface area contributed by atoms with Gasteiger partial charge in [-0.05, 0) is 17.6 Å². The lowest BCUT2D eigenvalue weighted by Crippen LogP contribution is -2.30. The van der Waals surface area contributed by atoms with E-state index in [9.17, 15) is 8.78 Å². The zero-order chi connectivity index (χ0) is 13.9. The van der Waals surface area contributed by atoms with Gasteiger partial charge in [0.15, 0.2) is 0 Å². The van der Waals surface area contributed by atoms with Gasteiger partial charge < -0.3 is 16.2 Å². The van der Waals surface area contributed by atoms with Crippen molar-refractivity contribution in [2.45, 2.75) is 5.92 Å². The summed E-state index contributed by atoms with van der Waals surface area (Å²) in [5.41, 5.74) is 6.99. The van der Waals surface area contributed by atoms with Crippen LogP contribution < -0.4 is 11.1 Å². The van der Waals surface area contributed by atoms with Crippen LogP contribution in [0.2, 0.25) is 0 Å². The zero-order valence-electron chi connectivity index (χ0n) is 9.81. The molecule has 0 saturated carbocycles. The van der Waals surface area contributed by atoms with E-state index in [-0.39, 0.29) is 5.82 Å². The van der Waals surface area contributed by atoms with Gasteiger partial charge in [0.1, 0.15) is 17.4 Å². The van der Waals surface area contributed by atoms with E-state index in [2.05, 4.69) is 14.7 Å². The number of aromatic nitrogens is 2. The van der Waals surface area contributed by atoms with Gasteiger partial charge in [-0.25, -0.2) is 8.78 Å². The molecule has 0 radical (unpaired) electrons. The average molecular weight is 286 g/mol. The number of halogens is 2. The van der Waals surface area contributed by atoms with E-state index < -0.39 is 19.1 Å². The number of nitrogens with one attached hydrogen (secondary N) is 1. The van der Waals surface area contributed by atoms with Crippen molar-refractivity contribution in [3.63, 3.8) is 0 Å². The van der Waals surface area contributed by atoms with Crippen molar-refractivity contribution in [3.8, 4) is 11.1 Å². The third kappa shape index (κ3) is 3.15. The molecule has 5 nitrogen and oxygen atoms in total. The Morgan fingerprint density at radius 1 is 1.47 bits per heavy atom. The summed E-state index contributed by atoms with van der Waals surface area (Å²) in [7, 11) is 0. The average Bonchev–Trinajstić information content (AvgIpc) is 2.79. The normalized spacial score (nSPS) is 11.5. The molecule has 8 heteroatoms. The van der Waals surface area contributed by atoms with Crippen LogP contribution >= 0.6 is 11.5 Å². The largest absolute Gasteiger partial charge is 0.390 e. The molecule has 0 saturated heterocycles. The number of nitrogens with two attached hydrogens (primary N) is 1. The van der Waals surface area contributed by atoms with E-state index in [4.69, 9.17) is 10.8 Å². The molecule has 19 heavy (non-hydrogen) atoms. The van der Waals surface area contributed by atoms with Crippen molar-refractivity contribution >= 4 is 22.4 Å². The lowest BCUT2D eigenvalue weighted by Gasteiger charge is -2.14. The van der Waals surface area contributed by atoms with Gasteiger partial charge in [-0.1, -0.05) is 6.07 Å². The molecule has 0 fully saturated rings. The molecule has 0 aromatic carbocycles. The summed E-state index contributed by atoms with van der Waals surface area (Å²) in [5.74, 6) is -2.93. The summed E-state index contributed by atoms with van der Waals surface area (Å²) in [6.45, 7) is -1.89. The molecule has 4 N–H and O–H groups in total. The molecular formula is C11H12F2N4OS. The summed E-state index contributed by atoms with van der Waals surface area (Å²) >= 11 is 0.993. The van der Waals surface area contributed by atoms with Gasteiger partial charge in [-0.2, -0.15) is 4.37 Å². The Labute approximate surface area is 112 Å². The van der Waals surface area contributed by atoms with Gasteiger partial charge >= 0.3 is 0 Å². The van der Waals surface area contributed by atoms with E-state index in [1.54, 1.807) is 24.5 Å². The zero-order valence-corrected chi connectivity index (χ0v) is 10.6. The Balaban J connectivity index is 2.24. The highest BCUT2D eigenvalue weighted by molar-refractivity contribution is 7.11. The number of rotatable bonds is 5.